The second-order valence-corrected chi connectivity index (χ2v) is 6.32. The third-order valence-corrected chi connectivity index (χ3v) is 5.06. The molecule has 1 N–H and O–H groups in total. The van der Waals surface area contributed by atoms with Gasteiger partial charge in [-0.1, -0.05) is 0 Å². The number of amides is 1. The van der Waals surface area contributed by atoms with Crippen molar-refractivity contribution in [3.05, 3.63) is 0 Å². The highest BCUT2D eigenvalue weighted by molar-refractivity contribution is 5.83. The first-order chi connectivity index (χ1) is 9.08. The second-order valence-electron chi connectivity index (χ2n) is 6.32. The van der Waals surface area contributed by atoms with E-state index < -0.39 is 0 Å². The van der Waals surface area contributed by atoms with E-state index in [1.54, 1.807) is 7.11 Å². The van der Waals surface area contributed by atoms with E-state index in [-0.39, 0.29) is 29.1 Å². The maximum atomic E-state index is 12.5. The van der Waals surface area contributed by atoms with Gasteiger partial charge in [0.25, 0.3) is 0 Å². The molecule has 2 bridgehead atoms. The maximum absolute atomic E-state index is 12.5. The molecule has 3 saturated heterocycles. The maximum Gasteiger partial charge on any atom is 0.228 e. The molecule has 0 aromatic heterocycles. The van der Waals surface area contributed by atoms with Crippen LogP contribution in [0.1, 0.15) is 32.6 Å². The van der Waals surface area contributed by atoms with Crippen LogP contribution in [0.5, 0.6) is 0 Å². The lowest BCUT2D eigenvalue weighted by molar-refractivity contribution is -0.134. The van der Waals surface area contributed by atoms with Crippen LogP contribution < -0.4 is 5.32 Å². The van der Waals surface area contributed by atoms with Crippen molar-refractivity contribution in [1.82, 2.24) is 5.32 Å². The van der Waals surface area contributed by atoms with Gasteiger partial charge >= 0.3 is 0 Å². The first-order valence-electron chi connectivity index (χ1n) is 7.15. The van der Waals surface area contributed by atoms with Gasteiger partial charge < -0.3 is 19.5 Å². The van der Waals surface area contributed by atoms with E-state index in [0.717, 1.165) is 25.7 Å². The molecule has 3 fully saturated rings. The molecule has 108 valence electrons. The van der Waals surface area contributed by atoms with E-state index in [1.807, 2.05) is 6.92 Å². The first-order valence-corrected chi connectivity index (χ1v) is 7.15. The number of hydrogen-bond donors (Lipinski definition) is 1. The molecule has 19 heavy (non-hydrogen) atoms. The number of ether oxygens (including phenoxy) is 3. The smallest absolute Gasteiger partial charge is 0.228 e. The van der Waals surface area contributed by atoms with Gasteiger partial charge in [0.1, 0.15) is 5.60 Å². The average molecular weight is 269 g/mol. The molecule has 0 radical (unpaired) electrons. The number of fused-ring (bicyclic) bond motifs is 2. The Kier molecular flexibility index (Phi) is 3.31. The van der Waals surface area contributed by atoms with Gasteiger partial charge in [-0.3, -0.25) is 4.79 Å². The van der Waals surface area contributed by atoms with E-state index in [0.29, 0.717) is 19.8 Å². The first kappa shape index (κ1) is 13.3. The fourth-order valence-corrected chi connectivity index (χ4v) is 3.57. The van der Waals surface area contributed by atoms with Crippen molar-refractivity contribution in [2.75, 3.05) is 26.9 Å². The zero-order chi connectivity index (χ0) is 13.5. The van der Waals surface area contributed by atoms with Crippen LogP contribution in [-0.4, -0.2) is 50.6 Å². The van der Waals surface area contributed by atoms with E-state index >= 15 is 0 Å². The van der Waals surface area contributed by atoms with Crippen molar-refractivity contribution in [3.63, 3.8) is 0 Å². The van der Waals surface area contributed by atoms with Gasteiger partial charge in [0, 0.05) is 26.7 Å². The van der Waals surface area contributed by atoms with Gasteiger partial charge in [0.2, 0.25) is 5.91 Å². The SMILES string of the molecule is COC1(CNC(=O)C2(C)CC3CCC2O3)CCOC1. The van der Waals surface area contributed by atoms with E-state index in [2.05, 4.69) is 5.32 Å². The summed E-state index contributed by atoms with van der Waals surface area (Å²) in [6.07, 6.45) is 4.17. The summed E-state index contributed by atoms with van der Waals surface area (Å²) >= 11 is 0. The zero-order valence-corrected chi connectivity index (χ0v) is 11.7. The Morgan fingerprint density at radius 1 is 1.47 bits per heavy atom. The zero-order valence-electron chi connectivity index (χ0n) is 11.7. The highest BCUT2D eigenvalue weighted by Crippen LogP contribution is 2.47. The molecular formula is C14H23NO4. The number of hydrogen-bond acceptors (Lipinski definition) is 4. The van der Waals surface area contributed by atoms with Crippen LogP contribution >= 0.6 is 0 Å². The van der Waals surface area contributed by atoms with Crippen molar-refractivity contribution < 1.29 is 19.0 Å². The average Bonchev–Trinajstić information content (AvgIpc) is 3.11. The fraction of sp³-hybridized carbons (Fsp3) is 0.929. The van der Waals surface area contributed by atoms with Crippen molar-refractivity contribution in [2.45, 2.75) is 50.4 Å². The van der Waals surface area contributed by atoms with Gasteiger partial charge in [0.05, 0.1) is 24.2 Å². The summed E-state index contributed by atoms with van der Waals surface area (Å²) < 4.78 is 16.7. The van der Waals surface area contributed by atoms with E-state index in [1.165, 1.54) is 0 Å². The molecule has 0 spiro atoms. The van der Waals surface area contributed by atoms with Crippen LogP contribution in [0, 0.1) is 5.41 Å². The quantitative estimate of drug-likeness (QED) is 0.822. The number of methoxy groups -OCH3 is 1. The summed E-state index contributed by atoms with van der Waals surface area (Å²) in [7, 11) is 1.68. The largest absolute Gasteiger partial charge is 0.378 e. The molecule has 0 aromatic rings. The van der Waals surface area contributed by atoms with Crippen molar-refractivity contribution >= 4 is 5.91 Å². The molecule has 0 aromatic carbocycles. The van der Waals surface area contributed by atoms with Crippen LogP contribution in [0.3, 0.4) is 0 Å². The Labute approximate surface area is 114 Å². The van der Waals surface area contributed by atoms with Crippen molar-refractivity contribution in [2.24, 2.45) is 5.41 Å². The van der Waals surface area contributed by atoms with Crippen LogP contribution in [0.4, 0.5) is 0 Å². The predicted octanol–water partition coefficient (Wildman–Crippen LogP) is 0.866. The van der Waals surface area contributed by atoms with E-state index in [4.69, 9.17) is 14.2 Å². The van der Waals surface area contributed by atoms with Crippen LogP contribution in [-0.2, 0) is 19.0 Å². The van der Waals surface area contributed by atoms with Crippen LogP contribution in [0.15, 0.2) is 0 Å². The minimum absolute atomic E-state index is 0.0934. The number of carbonyl (C=O) groups is 1. The molecule has 3 rings (SSSR count). The molecule has 3 heterocycles. The molecule has 1 amide bonds. The standard InChI is InChI=1S/C14H23NO4/c1-13(7-10-3-4-11(13)19-10)12(16)15-8-14(17-2)5-6-18-9-14/h10-11H,3-9H2,1-2H3,(H,15,16). The molecule has 3 aliphatic rings. The van der Waals surface area contributed by atoms with E-state index in [9.17, 15) is 4.79 Å². The van der Waals surface area contributed by atoms with Gasteiger partial charge in [-0.25, -0.2) is 0 Å². The topological polar surface area (TPSA) is 56.8 Å². The van der Waals surface area contributed by atoms with Gasteiger partial charge in [-0.15, -0.1) is 0 Å². The lowest BCUT2D eigenvalue weighted by atomic mass is 9.75. The summed E-state index contributed by atoms with van der Waals surface area (Å²) in [4.78, 5) is 12.5. The van der Waals surface area contributed by atoms with Crippen LogP contribution in [0.2, 0.25) is 0 Å². The lowest BCUT2D eigenvalue weighted by Gasteiger charge is -2.32. The summed E-state index contributed by atoms with van der Waals surface area (Å²) in [5.41, 5.74) is -0.707. The number of carbonyl (C=O) groups excluding carboxylic acids is 1. The fourth-order valence-electron chi connectivity index (χ4n) is 3.57. The summed E-state index contributed by atoms with van der Waals surface area (Å²) in [6, 6.07) is 0. The molecule has 4 atom stereocenters. The second kappa shape index (κ2) is 4.72. The Hall–Kier alpha value is -0.650. The number of nitrogens with one attached hydrogen (secondary N) is 1. The number of rotatable bonds is 4. The molecule has 5 heteroatoms. The molecule has 5 nitrogen and oxygen atoms in total. The summed E-state index contributed by atoms with van der Waals surface area (Å²) in [5, 5.41) is 3.06. The van der Waals surface area contributed by atoms with Gasteiger partial charge in [-0.2, -0.15) is 0 Å². The summed E-state index contributed by atoms with van der Waals surface area (Å²) in [6.45, 7) is 3.81. The van der Waals surface area contributed by atoms with Crippen molar-refractivity contribution in [1.29, 1.82) is 0 Å². The Bertz CT molecular complexity index is 366. The predicted molar refractivity (Wildman–Crippen MR) is 68.8 cm³/mol. The third-order valence-electron chi connectivity index (χ3n) is 5.06. The molecule has 4 unspecified atom stereocenters. The minimum Gasteiger partial charge on any atom is -0.378 e. The normalized spacial score (nSPS) is 44.7. The minimum atomic E-state index is -0.364. The van der Waals surface area contributed by atoms with Crippen molar-refractivity contribution in [3.8, 4) is 0 Å². The Morgan fingerprint density at radius 3 is 2.84 bits per heavy atom. The van der Waals surface area contributed by atoms with Crippen LogP contribution in [0.25, 0.3) is 0 Å². The summed E-state index contributed by atoms with van der Waals surface area (Å²) in [5.74, 6) is 0.100. The Morgan fingerprint density at radius 2 is 2.32 bits per heavy atom. The molecular weight excluding hydrogens is 246 g/mol. The lowest BCUT2D eigenvalue weighted by Crippen LogP contribution is -2.51. The third kappa shape index (κ3) is 2.18. The van der Waals surface area contributed by atoms with Gasteiger partial charge in [-0.05, 0) is 26.2 Å². The molecule has 3 aliphatic heterocycles. The molecule has 0 saturated carbocycles. The highest BCUT2D eigenvalue weighted by Gasteiger charge is 2.54. The molecule has 0 aliphatic carbocycles. The highest BCUT2D eigenvalue weighted by atomic mass is 16.5. The van der Waals surface area contributed by atoms with Gasteiger partial charge in [0.15, 0.2) is 0 Å². The monoisotopic (exact) mass is 269 g/mol. The Balaban J connectivity index is 1.59.